The van der Waals surface area contributed by atoms with Crippen LogP contribution in [0, 0.1) is 0 Å². The van der Waals surface area contributed by atoms with Crippen molar-refractivity contribution < 1.29 is 38.6 Å². The molecule has 11 nitrogen and oxygen atoms in total. The van der Waals surface area contributed by atoms with Crippen molar-refractivity contribution in [2.75, 3.05) is 45.5 Å². The van der Waals surface area contributed by atoms with Crippen molar-refractivity contribution in [3.8, 4) is 23.0 Å². The van der Waals surface area contributed by atoms with E-state index in [9.17, 15) is 10.2 Å². The van der Waals surface area contributed by atoms with Crippen LogP contribution in [0.15, 0.2) is 133 Å². The SMILES string of the molecule is C.C1=CN=CC1.CC(C)(c1ccc(OCC(O)CCl)cc1)c1ccc(OCC(O)Cn2ccnc2)cc1.CC(C)(c1ccc(OCC2CO2)cc1)c1ccc(OCC2CO2)cc1. The van der Waals surface area contributed by atoms with Crippen LogP contribution in [0.25, 0.3) is 0 Å². The number of rotatable bonds is 19. The highest BCUT2D eigenvalue weighted by Gasteiger charge is 2.26. The summed E-state index contributed by atoms with van der Waals surface area (Å²) in [6.07, 6.45) is 11.2. The van der Waals surface area contributed by atoms with Crippen LogP contribution in [0.5, 0.6) is 23.0 Å². The first-order valence-electron chi connectivity index (χ1n) is 20.7. The smallest absolute Gasteiger partial charge is 0.119 e. The zero-order chi connectivity index (χ0) is 43.1. The second kappa shape index (κ2) is 23.3. The van der Waals surface area contributed by atoms with Gasteiger partial charge in [-0.3, -0.25) is 4.99 Å². The summed E-state index contributed by atoms with van der Waals surface area (Å²) in [6.45, 7) is 12.5. The molecule has 1 aromatic heterocycles. The highest BCUT2D eigenvalue weighted by molar-refractivity contribution is 6.18. The molecule has 0 amide bonds. The van der Waals surface area contributed by atoms with E-state index < -0.39 is 12.2 Å². The molecule has 0 spiro atoms. The maximum absolute atomic E-state index is 10.1. The molecular weight excluding hydrogens is 806 g/mol. The highest BCUT2D eigenvalue weighted by atomic mass is 35.5. The molecule has 2 N–H and O–H groups in total. The van der Waals surface area contributed by atoms with Gasteiger partial charge in [-0.15, -0.1) is 11.6 Å². The van der Waals surface area contributed by atoms with E-state index in [1.807, 2.05) is 95.9 Å². The molecule has 62 heavy (non-hydrogen) atoms. The van der Waals surface area contributed by atoms with Crippen molar-refractivity contribution in [3.63, 3.8) is 0 Å². The Morgan fingerprint density at radius 3 is 1.37 bits per heavy atom. The molecule has 3 aliphatic rings. The van der Waals surface area contributed by atoms with E-state index in [1.165, 1.54) is 11.1 Å². The average Bonchev–Trinajstić information content (AvgIpc) is 4.17. The van der Waals surface area contributed by atoms with Crippen LogP contribution in [0.3, 0.4) is 0 Å². The molecule has 0 aliphatic carbocycles. The fourth-order valence-electron chi connectivity index (χ4n) is 6.34. The number of epoxide rings is 2. The third kappa shape index (κ3) is 15.0. The molecule has 4 unspecified atom stereocenters. The maximum Gasteiger partial charge on any atom is 0.119 e. The maximum atomic E-state index is 10.1. The van der Waals surface area contributed by atoms with Gasteiger partial charge in [0.25, 0.3) is 0 Å². The molecule has 2 saturated heterocycles. The summed E-state index contributed by atoms with van der Waals surface area (Å²) in [7, 11) is 0. The number of hydrogen-bond donors (Lipinski definition) is 2. The second-order valence-corrected chi connectivity index (χ2v) is 16.5. The van der Waals surface area contributed by atoms with Gasteiger partial charge in [-0.25, -0.2) is 4.98 Å². The Labute approximate surface area is 371 Å². The number of halogens is 1. The highest BCUT2D eigenvalue weighted by Crippen LogP contribution is 2.35. The summed E-state index contributed by atoms with van der Waals surface area (Å²) >= 11 is 5.59. The summed E-state index contributed by atoms with van der Waals surface area (Å²) < 4.78 is 34.9. The minimum Gasteiger partial charge on any atom is -0.491 e. The third-order valence-electron chi connectivity index (χ3n) is 10.6. The van der Waals surface area contributed by atoms with Gasteiger partial charge in [0.2, 0.25) is 0 Å². The number of aliphatic imine (C=N–C) groups is 1. The van der Waals surface area contributed by atoms with Gasteiger partial charge in [0, 0.05) is 42.1 Å². The third-order valence-corrected chi connectivity index (χ3v) is 10.9. The zero-order valence-electron chi connectivity index (χ0n) is 35.4. The summed E-state index contributed by atoms with van der Waals surface area (Å²) in [5.41, 5.74) is 4.49. The van der Waals surface area contributed by atoms with E-state index >= 15 is 0 Å². The van der Waals surface area contributed by atoms with Crippen molar-refractivity contribution >= 4 is 17.8 Å². The van der Waals surface area contributed by atoms with Gasteiger partial charge in [0.05, 0.1) is 32.0 Å². The fraction of sp³-hybridized carbons (Fsp3) is 0.400. The number of benzene rings is 4. The lowest BCUT2D eigenvalue weighted by Gasteiger charge is -2.26. The number of hydrogen-bond acceptors (Lipinski definition) is 10. The lowest BCUT2D eigenvalue weighted by molar-refractivity contribution is 0.0924. The van der Waals surface area contributed by atoms with E-state index in [0.717, 1.165) is 42.3 Å². The minimum absolute atomic E-state index is 0. The Bertz CT molecular complexity index is 2010. The molecule has 0 bridgehead atoms. The molecule has 0 saturated carbocycles. The number of ether oxygens (including phenoxy) is 6. The number of nitrogens with zero attached hydrogens (tertiary/aromatic N) is 3. The van der Waals surface area contributed by atoms with Crippen molar-refractivity contribution in [1.29, 1.82) is 0 Å². The van der Waals surface area contributed by atoms with Crippen molar-refractivity contribution in [3.05, 3.63) is 150 Å². The summed E-state index contributed by atoms with van der Waals surface area (Å²) in [5, 5.41) is 19.6. The molecule has 332 valence electrons. The van der Waals surface area contributed by atoms with Gasteiger partial charge in [-0.2, -0.15) is 0 Å². The first-order chi connectivity index (χ1) is 29.5. The Kier molecular flexibility index (Phi) is 18.0. The van der Waals surface area contributed by atoms with Crippen LogP contribution in [0.1, 0.15) is 63.8 Å². The Morgan fingerprint density at radius 2 is 1.06 bits per heavy atom. The van der Waals surface area contributed by atoms with E-state index in [1.54, 1.807) is 18.7 Å². The van der Waals surface area contributed by atoms with Crippen LogP contribution in [0.4, 0.5) is 0 Å². The predicted octanol–water partition coefficient (Wildman–Crippen LogP) is 8.81. The van der Waals surface area contributed by atoms with Gasteiger partial charge < -0.3 is 43.2 Å². The minimum atomic E-state index is -0.675. The molecule has 2 fully saturated rings. The largest absolute Gasteiger partial charge is 0.491 e. The van der Waals surface area contributed by atoms with Gasteiger partial charge in [-0.05, 0) is 70.8 Å². The van der Waals surface area contributed by atoms with Crippen molar-refractivity contribution in [1.82, 2.24) is 9.55 Å². The zero-order valence-corrected chi connectivity index (χ0v) is 36.2. The lowest BCUT2D eigenvalue weighted by Crippen LogP contribution is -2.23. The van der Waals surface area contributed by atoms with Crippen LogP contribution >= 0.6 is 11.6 Å². The van der Waals surface area contributed by atoms with E-state index in [2.05, 4.69) is 61.9 Å². The molecule has 5 aromatic rings. The van der Waals surface area contributed by atoms with Crippen LogP contribution in [-0.4, -0.2) is 95.9 Å². The van der Waals surface area contributed by atoms with E-state index in [0.29, 0.717) is 31.3 Å². The molecule has 3 aliphatic heterocycles. The van der Waals surface area contributed by atoms with Crippen LogP contribution in [-0.2, 0) is 26.8 Å². The Hall–Kier alpha value is -5.17. The average molecular weight is 869 g/mol. The van der Waals surface area contributed by atoms with E-state index in [-0.39, 0.29) is 49.6 Å². The number of aromatic nitrogens is 2. The fourth-order valence-corrected chi connectivity index (χ4v) is 6.43. The van der Waals surface area contributed by atoms with Crippen molar-refractivity contribution in [2.45, 2.75) is 83.3 Å². The standard InChI is InChI=1S/C24H29ClN2O4.C21H24O4.C4H5N.CH4/c1-24(2,18-3-7-22(8-4-18)30-15-20(28)13-25)19-5-9-23(10-6-19)31-16-21(29)14-27-12-11-26-17-27;1-21(2,15-3-7-17(8-4-15)22-11-19-13-24-19)16-5-9-18(10-6-16)23-12-20-14-25-20;1-2-4-5-3-1;/h3-12,17,20-21,28-29H,13-16H2,1-2H3;3-10,19-20H,11-14H2,1-2H3;1,3-4H,2H2;1H4. The van der Waals surface area contributed by atoms with Gasteiger partial charge in [0.1, 0.15) is 73.8 Å². The summed E-state index contributed by atoms with van der Waals surface area (Å²) in [6, 6.07) is 32.5. The first-order valence-corrected chi connectivity index (χ1v) is 21.2. The van der Waals surface area contributed by atoms with Crippen LogP contribution < -0.4 is 18.9 Å². The summed E-state index contributed by atoms with van der Waals surface area (Å²) in [5.74, 6) is 3.34. The molecule has 12 heteroatoms. The summed E-state index contributed by atoms with van der Waals surface area (Å²) in [4.78, 5) is 7.74. The quantitative estimate of drug-likeness (QED) is 0.0618. The van der Waals surface area contributed by atoms with Gasteiger partial charge in [0.15, 0.2) is 0 Å². The van der Waals surface area contributed by atoms with Crippen LogP contribution in [0.2, 0.25) is 0 Å². The predicted molar refractivity (Wildman–Crippen MR) is 245 cm³/mol. The number of aliphatic hydroxyl groups is 2. The van der Waals surface area contributed by atoms with Gasteiger partial charge >= 0.3 is 0 Å². The molecule has 0 radical (unpaired) electrons. The molecule has 4 atom stereocenters. The second-order valence-electron chi connectivity index (χ2n) is 16.2. The number of alkyl halides is 1. The van der Waals surface area contributed by atoms with Gasteiger partial charge in [-0.1, -0.05) is 89.7 Å². The first kappa shape index (κ1) is 47.9. The normalized spacial score (nSPS) is 17.0. The Morgan fingerprint density at radius 1 is 0.661 bits per heavy atom. The molecular formula is C50H62ClN3O8. The molecule has 4 aromatic carbocycles. The number of imidazole rings is 1. The topological polar surface area (TPSA) is 133 Å². The monoisotopic (exact) mass is 867 g/mol. The van der Waals surface area contributed by atoms with E-state index in [4.69, 9.17) is 40.0 Å². The number of allylic oxidation sites excluding steroid dienone is 1. The number of aliphatic hydroxyl groups excluding tert-OH is 2. The van der Waals surface area contributed by atoms with Crippen molar-refractivity contribution in [2.24, 2.45) is 4.99 Å². The molecule has 8 rings (SSSR count). The Balaban J connectivity index is 0.000000210. The molecule has 4 heterocycles. The lowest BCUT2D eigenvalue weighted by atomic mass is 9.78.